The Morgan fingerprint density at radius 2 is 0.697 bits per heavy atom. The number of benzene rings is 1. The first-order valence-corrected chi connectivity index (χ1v) is 25.9. The molecule has 1 rings (SSSR count). The fraction of sp³-hybridized carbons (Fsp3) is 0.808. The van der Waals surface area contributed by atoms with Gasteiger partial charge in [0.15, 0.2) is 0 Å². The SMILES string of the molecule is CCCCCCCCCOC(OCCOCCOC(=O)c1cc(C(=O)O)c(C(=O)O)cc1C(=O)O)C(OCCCCCCCCC)(OCCCCCCCCC)OCCCCCCCCC. The molecule has 14 heteroatoms. The Morgan fingerprint density at radius 3 is 1.08 bits per heavy atom. The van der Waals surface area contributed by atoms with Crippen molar-refractivity contribution in [2.75, 3.05) is 52.9 Å². The van der Waals surface area contributed by atoms with Gasteiger partial charge in [-0.1, -0.05) is 182 Å². The Bertz CT molecular complexity index is 1350. The summed E-state index contributed by atoms with van der Waals surface area (Å²) < 4.78 is 44.0. The van der Waals surface area contributed by atoms with Crippen molar-refractivity contribution in [2.24, 2.45) is 0 Å². The molecule has 0 aliphatic rings. The Kier molecular flexibility index (Phi) is 37.7. The molecule has 0 aromatic heterocycles. The molecular formula is C52H90O14. The molecule has 0 radical (unpaired) electrons. The number of hydrogen-bond donors (Lipinski definition) is 3. The zero-order chi connectivity index (χ0) is 48.5. The minimum absolute atomic E-state index is 0.0571. The number of carbonyl (C=O) groups is 4. The second-order valence-electron chi connectivity index (χ2n) is 17.3. The minimum Gasteiger partial charge on any atom is -0.478 e. The molecule has 0 aliphatic carbocycles. The molecule has 1 atom stereocenters. The molecule has 0 bridgehead atoms. The van der Waals surface area contributed by atoms with Gasteiger partial charge in [0.1, 0.15) is 6.61 Å². The summed E-state index contributed by atoms with van der Waals surface area (Å²) in [6, 6.07) is 1.34. The number of carboxylic acids is 3. The standard InChI is InChI=1S/C52H90O14/c1-5-9-13-17-21-25-29-33-62-51(63-40-38-60-37-39-61-50(59)46-42-44(48(55)56)43(47(53)54)41-45(46)49(57)58)52(64-34-30-26-22-18-14-10-6-2,65-35-31-27-23-19-15-11-7-3)66-36-32-28-24-20-16-12-8-4/h41-42,51H,5-40H2,1-4H3,(H,53,54)(H,55,56)(H,57,58). The third-order valence-electron chi connectivity index (χ3n) is 11.5. The lowest BCUT2D eigenvalue weighted by atomic mass is 9.98. The van der Waals surface area contributed by atoms with Crippen LogP contribution in [0.25, 0.3) is 0 Å². The van der Waals surface area contributed by atoms with E-state index in [1.54, 1.807) is 0 Å². The number of ether oxygens (including phenoxy) is 7. The molecule has 0 saturated heterocycles. The van der Waals surface area contributed by atoms with Crippen molar-refractivity contribution in [3.8, 4) is 0 Å². The lowest BCUT2D eigenvalue weighted by molar-refractivity contribution is -0.457. The number of rotatable bonds is 48. The van der Waals surface area contributed by atoms with Crippen LogP contribution >= 0.6 is 0 Å². The van der Waals surface area contributed by atoms with Gasteiger partial charge in [-0.15, -0.1) is 0 Å². The average molecular weight is 939 g/mol. The third kappa shape index (κ3) is 28.3. The fourth-order valence-electron chi connectivity index (χ4n) is 7.54. The summed E-state index contributed by atoms with van der Waals surface area (Å²) in [5.74, 6) is -7.63. The van der Waals surface area contributed by atoms with Crippen LogP contribution in [0.2, 0.25) is 0 Å². The van der Waals surface area contributed by atoms with Crippen LogP contribution in [-0.4, -0.2) is 104 Å². The highest BCUT2D eigenvalue weighted by Crippen LogP contribution is 2.28. The number of hydrogen-bond acceptors (Lipinski definition) is 11. The van der Waals surface area contributed by atoms with Crippen molar-refractivity contribution in [2.45, 2.75) is 220 Å². The lowest BCUT2D eigenvalue weighted by Crippen LogP contribution is -2.53. The van der Waals surface area contributed by atoms with Gasteiger partial charge in [-0.3, -0.25) is 0 Å². The number of esters is 1. The summed E-state index contributed by atoms with van der Waals surface area (Å²) in [7, 11) is 0. The topological polar surface area (TPSA) is 194 Å². The van der Waals surface area contributed by atoms with E-state index in [4.69, 9.17) is 33.2 Å². The van der Waals surface area contributed by atoms with E-state index in [0.29, 0.717) is 38.6 Å². The second kappa shape index (κ2) is 40.9. The van der Waals surface area contributed by atoms with Crippen molar-refractivity contribution >= 4 is 23.9 Å². The quantitative estimate of drug-likeness (QED) is 0.0317. The van der Waals surface area contributed by atoms with Crippen LogP contribution in [0.4, 0.5) is 0 Å². The summed E-state index contributed by atoms with van der Waals surface area (Å²) in [6.45, 7) is 10.3. The van der Waals surface area contributed by atoms with Gasteiger partial charge in [-0.25, -0.2) is 19.2 Å². The van der Waals surface area contributed by atoms with E-state index in [9.17, 15) is 34.5 Å². The maximum absolute atomic E-state index is 12.9. The van der Waals surface area contributed by atoms with Crippen molar-refractivity contribution in [1.29, 1.82) is 0 Å². The van der Waals surface area contributed by atoms with Crippen molar-refractivity contribution in [1.82, 2.24) is 0 Å². The highest BCUT2D eigenvalue weighted by atomic mass is 16.9. The van der Waals surface area contributed by atoms with Gasteiger partial charge in [-0.05, 0) is 37.8 Å². The predicted molar refractivity (Wildman–Crippen MR) is 257 cm³/mol. The third-order valence-corrected chi connectivity index (χ3v) is 11.5. The average Bonchev–Trinajstić information content (AvgIpc) is 3.30. The first-order valence-electron chi connectivity index (χ1n) is 25.9. The Hall–Kier alpha value is -3.14. The van der Waals surface area contributed by atoms with E-state index in [0.717, 1.165) is 77.0 Å². The molecular weight excluding hydrogens is 849 g/mol. The second-order valence-corrected chi connectivity index (χ2v) is 17.3. The maximum atomic E-state index is 12.9. The highest BCUT2D eigenvalue weighted by Gasteiger charge is 2.45. The zero-order valence-electron chi connectivity index (χ0n) is 41.5. The molecule has 1 aromatic rings. The van der Waals surface area contributed by atoms with Gasteiger partial charge in [0.25, 0.3) is 0 Å². The summed E-state index contributed by atoms with van der Waals surface area (Å²) in [5, 5.41) is 28.6. The van der Waals surface area contributed by atoms with E-state index in [2.05, 4.69) is 27.7 Å². The van der Waals surface area contributed by atoms with Gasteiger partial charge >= 0.3 is 29.9 Å². The van der Waals surface area contributed by atoms with E-state index in [1.165, 1.54) is 103 Å². The molecule has 14 nitrogen and oxygen atoms in total. The minimum atomic E-state index is -1.65. The number of aromatic carboxylic acids is 3. The van der Waals surface area contributed by atoms with Crippen LogP contribution in [0.1, 0.15) is 249 Å². The molecule has 0 saturated carbocycles. The number of carbonyl (C=O) groups excluding carboxylic acids is 1. The Balaban J connectivity index is 3.20. The molecule has 66 heavy (non-hydrogen) atoms. The summed E-state index contributed by atoms with van der Waals surface area (Å²) >= 11 is 0. The molecule has 0 aliphatic heterocycles. The van der Waals surface area contributed by atoms with Crippen molar-refractivity contribution < 1.29 is 67.7 Å². The first-order chi connectivity index (χ1) is 32.1. The van der Waals surface area contributed by atoms with Crippen molar-refractivity contribution in [3.05, 3.63) is 34.4 Å². The van der Waals surface area contributed by atoms with Gasteiger partial charge in [0.05, 0.1) is 68.5 Å². The molecule has 3 N–H and O–H groups in total. The number of carboxylic acid groups (broad SMARTS) is 3. The van der Waals surface area contributed by atoms with Crippen LogP contribution in [0.15, 0.2) is 12.1 Å². The van der Waals surface area contributed by atoms with Crippen LogP contribution in [0.5, 0.6) is 0 Å². The highest BCUT2D eigenvalue weighted by molar-refractivity contribution is 6.09. The largest absolute Gasteiger partial charge is 0.478 e. The lowest BCUT2D eigenvalue weighted by Gasteiger charge is -2.39. The fourth-order valence-corrected chi connectivity index (χ4v) is 7.54. The Labute approximate surface area is 397 Å². The molecule has 0 heterocycles. The Morgan fingerprint density at radius 1 is 0.394 bits per heavy atom. The van der Waals surface area contributed by atoms with Gasteiger partial charge in [0.2, 0.25) is 6.29 Å². The maximum Gasteiger partial charge on any atom is 0.339 e. The zero-order valence-corrected chi connectivity index (χ0v) is 41.5. The molecule has 0 fully saturated rings. The first kappa shape index (κ1) is 60.9. The van der Waals surface area contributed by atoms with Gasteiger partial charge in [0, 0.05) is 0 Å². The summed E-state index contributed by atoms with van der Waals surface area (Å²) in [6.07, 6.45) is 30.5. The van der Waals surface area contributed by atoms with E-state index >= 15 is 0 Å². The summed E-state index contributed by atoms with van der Waals surface area (Å²) in [5.41, 5.74) is -2.78. The molecule has 382 valence electrons. The molecule has 0 amide bonds. The predicted octanol–water partition coefficient (Wildman–Crippen LogP) is 13.0. The van der Waals surface area contributed by atoms with Gasteiger partial charge in [-0.2, -0.15) is 0 Å². The smallest absolute Gasteiger partial charge is 0.339 e. The monoisotopic (exact) mass is 939 g/mol. The van der Waals surface area contributed by atoms with Crippen LogP contribution in [0, 0.1) is 0 Å². The van der Waals surface area contributed by atoms with Crippen LogP contribution in [-0.2, 0) is 33.2 Å². The van der Waals surface area contributed by atoms with Crippen LogP contribution < -0.4 is 0 Å². The van der Waals surface area contributed by atoms with E-state index in [-0.39, 0.29) is 26.4 Å². The number of unbranched alkanes of at least 4 members (excludes halogenated alkanes) is 24. The summed E-state index contributed by atoms with van der Waals surface area (Å²) in [4.78, 5) is 48.1. The van der Waals surface area contributed by atoms with E-state index in [1.807, 2.05) is 0 Å². The van der Waals surface area contributed by atoms with Gasteiger partial charge < -0.3 is 48.5 Å². The van der Waals surface area contributed by atoms with E-state index < -0.39 is 58.4 Å². The molecule has 1 unspecified atom stereocenters. The van der Waals surface area contributed by atoms with Crippen LogP contribution in [0.3, 0.4) is 0 Å². The van der Waals surface area contributed by atoms with Crippen molar-refractivity contribution in [3.63, 3.8) is 0 Å². The molecule has 0 spiro atoms. The normalized spacial score (nSPS) is 12.1. The molecule has 1 aromatic carbocycles.